The lowest BCUT2D eigenvalue weighted by Gasteiger charge is -2.45. The van der Waals surface area contributed by atoms with E-state index >= 15 is 0 Å². The predicted octanol–water partition coefficient (Wildman–Crippen LogP) is 2.71. The van der Waals surface area contributed by atoms with Crippen molar-refractivity contribution in [2.75, 3.05) is 7.11 Å². The van der Waals surface area contributed by atoms with Gasteiger partial charge in [0.25, 0.3) is 0 Å². The summed E-state index contributed by atoms with van der Waals surface area (Å²) in [7, 11) is 3.07. The maximum absolute atomic E-state index is 12.9. The summed E-state index contributed by atoms with van der Waals surface area (Å²) in [5, 5.41) is 23.0. The minimum absolute atomic E-state index is 0.0534. The fourth-order valence-corrected chi connectivity index (χ4v) is 5.62. The molecule has 9 nitrogen and oxygen atoms in total. The normalized spacial score (nSPS) is 37.1. The molecule has 0 aromatic carbocycles. The Bertz CT molecular complexity index is 1180. The zero-order valence-electron chi connectivity index (χ0n) is 22.1. The zero-order valence-corrected chi connectivity index (χ0v) is 22.1. The van der Waals surface area contributed by atoms with Crippen molar-refractivity contribution in [2.45, 2.75) is 57.2 Å². The molecule has 1 aromatic rings. The average molecular weight is 513 g/mol. The summed E-state index contributed by atoms with van der Waals surface area (Å²) in [5.41, 5.74) is -2.02. The molecular formula is C28H36N2O7. The third kappa shape index (κ3) is 5.21. The van der Waals surface area contributed by atoms with Crippen LogP contribution in [-0.2, 0) is 30.8 Å². The average Bonchev–Trinajstić information content (AvgIpc) is 3.39. The molecule has 0 fully saturated rings. The van der Waals surface area contributed by atoms with Gasteiger partial charge in [0.2, 0.25) is 5.79 Å². The van der Waals surface area contributed by atoms with Crippen LogP contribution in [0.3, 0.4) is 0 Å². The molecule has 9 heteroatoms. The first kappa shape index (κ1) is 27.0. The molecule has 0 unspecified atom stereocenters. The van der Waals surface area contributed by atoms with Crippen LogP contribution in [0, 0.1) is 23.7 Å². The van der Waals surface area contributed by atoms with Gasteiger partial charge in [0.1, 0.15) is 11.7 Å². The van der Waals surface area contributed by atoms with Gasteiger partial charge in [-0.05, 0) is 56.3 Å². The van der Waals surface area contributed by atoms with Gasteiger partial charge < -0.3 is 29.0 Å². The third-order valence-electron chi connectivity index (χ3n) is 7.73. The SMILES string of the molecule is COC(=O)C1=C[C@@H]2[C@@H](C[C@H](OC(=O)C=Cc3cn(C)cn3)[C@]3(C)C=C[C@@]1(O)O3)[C@](C)(O)C=C[C@H]2C(C)C. The summed E-state index contributed by atoms with van der Waals surface area (Å²) in [5.74, 6) is -4.16. The van der Waals surface area contributed by atoms with Crippen molar-refractivity contribution in [3.8, 4) is 0 Å². The number of fused-ring (bicyclic) bond motifs is 3. The fourth-order valence-electron chi connectivity index (χ4n) is 5.62. The van der Waals surface area contributed by atoms with Crippen LogP contribution < -0.4 is 0 Å². The van der Waals surface area contributed by atoms with E-state index in [-0.39, 0.29) is 29.7 Å². The number of allylic oxidation sites excluding steroid dienone is 2. The number of carbonyl (C=O) groups excluding carboxylic acids is 2. The third-order valence-corrected chi connectivity index (χ3v) is 7.73. The molecule has 0 saturated heterocycles. The number of imidazole rings is 1. The van der Waals surface area contributed by atoms with Gasteiger partial charge in [-0.1, -0.05) is 32.1 Å². The van der Waals surface area contributed by atoms with E-state index in [0.717, 1.165) is 0 Å². The molecule has 0 spiro atoms. The second kappa shape index (κ2) is 9.70. The van der Waals surface area contributed by atoms with Crippen LogP contribution in [0.25, 0.3) is 6.08 Å². The van der Waals surface area contributed by atoms with Gasteiger partial charge in [-0.3, -0.25) is 0 Å². The number of methoxy groups -OCH3 is 1. The number of aliphatic hydroxyl groups is 2. The van der Waals surface area contributed by atoms with Gasteiger partial charge in [-0.25, -0.2) is 14.6 Å². The van der Waals surface area contributed by atoms with Crippen LogP contribution in [0.15, 0.2) is 54.6 Å². The van der Waals surface area contributed by atoms with Gasteiger partial charge >= 0.3 is 11.9 Å². The predicted molar refractivity (Wildman–Crippen MR) is 135 cm³/mol. The largest absolute Gasteiger partial charge is 0.466 e. The maximum Gasteiger partial charge on any atom is 0.339 e. The molecule has 37 heavy (non-hydrogen) atoms. The van der Waals surface area contributed by atoms with Crippen LogP contribution in [-0.4, -0.2) is 61.9 Å². The highest BCUT2D eigenvalue weighted by molar-refractivity contribution is 5.91. The number of ether oxygens (including phenoxy) is 3. The molecule has 200 valence electrons. The molecule has 3 aliphatic rings. The van der Waals surface area contributed by atoms with E-state index in [9.17, 15) is 19.8 Å². The number of aromatic nitrogens is 2. The molecule has 4 rings (SSSR count). The van der Waals surface area contributed by atoms with Crippen LogP contribution in [0.2, 0.25) is 0 Å². The van der Waals surface area contributed by atoms with Gasteiger partial charge in [0, 0.05) is 25.2 Å². The minimum atomic E-state index is -2.08. The van der Waals surface area contributed by atoms with Crippen molar-refractivity contribution in [2.24, 2.45) is 30.7 Å². The second-order valence-corrected chi connectivity index (χ2v) is 10.9. The van der Waals surface area contributed by atoms with E-state index in [4.69, 9.17) is 14.2 Å². The molecular weight excluding hydrogens is 476 g/mol. The summed E-state index contributed by atoms with van der Waals surface area (Å²) < 4.78 is 18.8. The number of esters is 2. The highest BCUT2D eigenvalue weighted by atomic mass is 16.7. The fraction of sp³-hybridized carbons (Fsp3) is 0.536. The maximum atomic E-state index is 12.9. The van der Waals surface area contributed by atoms with Crippen molar-refractivity contribution < 1.29 is 34.0 Å². The molecule has 0 saturated carbocycles. The van der Waals surface area contributed by atoms with E-state index in [1.807, 2.05) is 13.1 Å². The Morgan fingerprint density at radius 3 is 2.59 bits per heavy atom. The Hall–Kier alpha value is -3.01. The van der Waals surface area contributed by atoms with Crippen molar-refractivity contribution in [3.05, 3.63) is 60.2 Å². The van der Waals surface area contributed by atoms with E-state index in [2.05, 4.69) is 18.8 Å². The molecule has 2 N–H and O–H groups in total. The van der Waals surface area contributed by atoms with Crippen molar-refractivity contribution in [1.82, 2.24) is 9.55 Å². The number of carbonyl (C=O) groups is 2. The minimum Gasteiger partial charge on any atom is -0.466 e. The highest BCUT2D eigenvalue weighted by Crippen LogP contribution is 2.49. The molecule has 2 bridgehead atoms. The summed E-state index contributed by atoms with van der Waals surface area (Å²) in [6, 6.07) is 0. The van der Waals surface area contributed by atoms with Crippen molar-refractivity contribution >= 4 is 18.0 Å². The molecule has 0 radical (unpaired) electrons. The first-order valence-electron chi connectivity index (χ1n) is 12.5. The standard InChI is InChI=1S/C28H36N2O7/c1-17(2)19-9-10-26(3,33)21-14-23(36-24(31)8-7-18-15-30(5)16-29-18)27(4)11-12-28(34,37-27)22(13-20(19)21)25(32)35-6/h7-13,15-17,19-21,23,33-34H,14H2,1-6H3/t19-,20-,21+,23-,26+,27-,28+/m0/s1. The zero-order chi connectivity index (χ0) is 27.2. The number of hydrogen-bond acceptors (Lipinski definition) is 8. The number of aryl methyl sites for hydroxylation is 1. The quantitative estimate of drug-likeness (QED) is 0.351. The Morgan fingerprint density at radius 1 is 1.24 bits per heavy atom. The topological polar surface area (TPSA) is 120 Å². The summed E-state index contributed by atoms with van der Waals surface area (Å²) in [6.45, 7) is 7.50. The van der Waals surface area contributed by atoms with E-state index in [0.29, 0.717) is 5.69 Å². The first-order valence-corrected chi connectivity index (χ1v) is 12.5. The number of rotatable bonds is 5. The van der Waals surface area contributed by atoms with Gasteiger partial charge in [0.15, 0.2) is 0 Å². The lowest BCUT2D eigenvalue weighted by Crippen LogP contribution is -2.50. The molecule has 2 aliphatic heterocycles. The Morgan fingerprint density at radius 2 is 1.97 bits per heavy atom. The summed E-state index contributed by atoms with van der Waals surface area (Å²) >= 11 is 0. The van der Waals surface area contributed by atoms with Crippen LogP contribution in [0.4, 0.5) is 0 Å². The van der Waals surface area contributed by atoms with Crippen LogP contribution in [0.5, 0.6) is 0 Å². The number of nitrogens with zero attached hydrogens (tertiary/aromatic N) is 2. The van der Waals surface area contributed by atoms with Gasteiger partial charge in [-0.15, -0.1) is 0 Å². The van der Waals surface area contributed by atoms with Gasteiger partial charge in [-0.2, -0.15) is 0 Å². The lowest BCUT2D eigenvalue weighted by atomic mass is 9.62. The van der Waals surface area contributed by atoms with E-state index in [1.165, 1.54) is 19.3 Å². The van der Waals surface area contributed by atoms with Gasteiger partial charge in [0.05, 0.1) is 30.3 Å². The van der Waals surface area contributed by atoms with E-state index < -0.39 is 40.9 Å². The van der Waals surface area contributed by atoms with Crippen LogP contribution in [0.1, 0.15) is 39.8 Å². The second-order valence-electron chi connectivity index (χ2n) is 10.9. The molecule has 3 heterocycles. The van der Waals surface area contributed by atoms with Crippen molar-refractivity contribution in [1.29, 1.82) is 0 Å². The van der Waals surface area contributed by atoms with Crippen molar-refractivity contribution in [3.63, 3.8) is 0 Å². The first-order chi connectivity index (χ1) is 17.3. The Labute approximate surface area is 217 Å². The Balaban J connectivity index is 1.77. The summed E-state index contributed by atoms with van der Waals surface area (Å²) in [4.78, 5) is 30.0. The lowest BCUT2D eigenvalue weighted by molar-refractivity contribution is -0.218. The van der Waals surface area contributed by atoms with Crippen LogP contribution >= 0.6 is 0 Å². The molecule has 0 amide bonds. The smallest absolute Gasteiger partial charge is 0.339 e. The summed E-state index contributed by atoms with van der Waals surface area (Å²) in [6.07, 6.45) is 13.9. The molecule has 1 aromatic heterocycles. The molecule has 7 atom stereocenters. The monoisotopic (exact) mass is 512 g/mol. The Kier molecular flexibility index (Phi) is 7.09. The van der Waals surface area contributed by atoms with E-state index in [1.54, 1.807) is 55.2 Å². The highest BCUT2D eigenvalue weighted by Gasteiger charge is 2.55. The molecule has 1 aliphatic carbocycles. The number of hydrogen-bond donors (Lipinski definition) is 2.